The number of nitrogens with one attached hydrogen (secondary N) is 1. The number of benzene rings is 1. The summed E-state index contributed by atoms with van der Waals surface area (Å²) in [7, 11) is 0. The first-order valence-corrected chi connectivity index (χ1v) is 8.39. The third-order valence-corrected chi connectivity index (χ3v) is 4.29. The number of fused-ring (bicyclic) bond motifs is 1. The van der Waals surface area contributed by atoms with Gasteiger partial charge in [-0.3, -0.25) is 14.3 Å². The molecule has 0 aliphatic carbocycles. The van der Waals surface area contributed by atoms with Gasteiger partial charge < -0.3 is 15.3 Å². The molecule has 0 atom stereocenters. The predicted molar refractivity (Wildman–Crippen MR) is 92.5 cm³/mol. The lowest BCUT2D eigenvalue weighted by atomic mass is 10.3. The van der Waals surface area contributed by atoms with Gasteiger partial charge in [-0.25, -0.2) is 4.79 Å². The molecule has 2 N–H and O–H groups in total. The first-order valence-electron chi connectivity index (χ1n) is 7.60. The molecule has 1 aliphatic heterocycles. The Balaban J connectivity index is 1.71. The number of amides is 2. The summed E-state index contributed by atoms with van der Waals surface area (Å²) in [5.41, 5.74) is 0.643. The molecule has 1 aromatic heterocycles. The average molecular weight is 407 g/mol. The first-order chi connectivity index (χ1) is 11.9. The monoisotopic (exact) mass is 406 g/mol. The summed E-state index contributed by atoms with van der Waals surface area (Å²) < 4.78 is 2.29. The van der Waals surface area contributed by atoms with E-state index in [1.165, 1.54) is 15.6 Å². The fraction of sp³-hybridized carbons (Fsp3) is 0.250. The molecule has 0 saturated carbocycles. The Labute approximate surface area is 151 Å². The lowest BCUT2D eigenvalue weighted by Gasteiger charge is -2.19. The minimum Gasteiger partial charge on any atom is -0.476 e. The number of carboxylic acids is 1. The van der Waals surface area contributed by atoms with Crippen LogP contribution in [0.2, 0.25) is 0 Å². The van der Waals surface area contributed by atoms with Crippen molar-refractivity contribution in [2.45, 2.75) is 13.0 Å². The van der Waals surface area contributed by atoms with Gasteiger partial charge in [0.25, 0.3) is 5.91 Å². The fourth-order valence-corrected chi connectivity index (χ4v) is 2.86. The Morgan fingerprint density at radius 1 is 1.24 bits per heavy atom. The van der Waals surface area contributed by atoms with Crippen LogP contribution < -0.4 is 5.32 Å². The van der Waals surface area contributed by atoms with Crippen LogP contribution in [-0.4, -0.2) is 50.7 Å². The third-order valence-electron chi connectivity index (χ3n) is 3.77. The van der Waals surface area contributed by atoms with Crippen molar-refractivity contribution in [3.63, 3.8) is 0 Å². The summed E-state index contributed by atoms with van der Waals surface area (Å²) in [5, 5.41) is 15.7. The zero-order valence-electron chi connectivity index (χ0n) is 13.1. The summed E-state index contributed by atoms with van der Waals surface area (Å²) in [6, 6.07) is 8.36. The van der Waals surface area contributed by atoms with Gasteiger partial charge in [-0.15, -0.1) is 0 Å². The molecule has 0 bridgehead atoms. The number of aromatic nitrogens is 2. The van der Waals surface area contributed by atoms with Gasteiger partial charge in [-0.05, 0) is 30.7 Å². The van der Waals surface area contributed by atoms with Crippen LogP contribution in [0.25, 0.3) is 0 Å². The maximum atomic E-state index is 12.6. The molecule has 0 fully saturated rings. The van der Waals surface area contributed by atoms with Gasteiger partial charge in [0.05, 0.1) is 0 Å². The van der Waals surface area contributed by atoms with Crippen molar-refractivity contribution in [3.8, 4) is 0 Å². The minimum atomic E-state index is -1.19. The maximum absolute atomic E-state index is 12.6. The lowest BCUT2D eigenvalue weighted by molar-refractivity contribution is -0.116. The highest BCUT2D eigenvalue weighted by Crippen LogP contribution is 2.16. The van der Waals surface area contributed by atoms with Gasteiger partial charge in [0.15, 0.2) is 5.69 Å². The summed E-state index contributed by atoms with van der Waals surface area (Å²) in [4.78, 5) is 37.2. The van der Waals surface area contributed by atoms with Crippen LogP contribution >= 0.6 is 15.9 Å². The molecule has 2 heterocycles. The molecule has 0 radical (unpaired) electrons. The Bertz CT molecular complexity index is 831. The number of carboxylic acid groups (broad SMARTS) is 1. The summed E-state index contributed by atoms with van der Waals surface area (Å²) in [6.07, 6.45) is 0.588. The first kappa shape index (κ1) is 17.2. The normalized spacial score (nSPS) is 14.0. The van der Waals surface area contributed by atoms with E-state index in [-0.39, 0.29) is 23.8 Å². The van der Waals surface area contributed by atoms with E-state index in [2.05, 4.69) is 26.3 Å². The summed E-state index contributed by atoms with van der Waals surface area (Å²) in [5.74, 6) is -1.90. The standard InChI is InChI=1S/C16H15BrN4O4/c17-10-2-4-11(5-3-10)18-14(22)9-20-6-1-7-21-13(15(20)23)8-12(19-21)16(24)25/h2-5,8H,1,6-7,9H2,(H,18,22)(H,24,25). The van der Waals surface area contributed by atoms with Crippen molar-refractivity contribution in [1.29, 1.82) is 0 Å². The Kier molecular flexibility index (Phi) is 4.84. The SMILES string of the molecule is O=C(CN1CCCn2nc(C(=O)O)cc2C1=O)Nc1ccc(Br)cc1. The molecule has 9 heteroatoms. The molecule has 0 saturated heterocycles. The maximum Gasteiger partial charge on any atom is 0.356 e. The van der Waals surface area contributed by atoms with Crippen molar-refractivity contribution in [3.05, 3.63) is 46.2 Å². The third kappa shape index (κ3) is 3.87. The van der Waals surface area contributed by atoms with Crippen molar-refractivity contribution < 1.29 is 19.5 Å². The predicted octanol–water partition coefficient (Wildman–Crippen LogP) is 1.83. The number of aromatic carboxylic acids is 1. The zero-order chi connectivity index (χ0) is 18.0. The van der Waals surface area contributed by atoms with Crippen molar-refractivity contribution in [2.75, 3.05) is 18.4 Å². The van der Waals surface area contributed by atoms with Crippen LogP contribution in [0.5, 0.6) is 0 Å². The van der Waals surface area contributed by atoms with Crippen LogP contribution in [-0.2, 0) is 11.3 Å². The van der Waals surface area contributed by atoms with E-state index in [1.807, 2.05) is 0 Å². The number of hydrogen-bond donors (Lipinski definition) is 2. The van der Waals surface area contributed by atoms with Crippen LogP contribution in [0.15, 0.2) is 34.8 Å². The quantitative estimate of drug-likeness (QED) is 0.805. The Morgan fingerprint density at radius 3 is 2.64 bits per heavy atom. The van der Waals surface area contributed by atoms with Crippen LogP contribution in [0.1, 0.15) is 27.4 Å². The number of anilines is 1. The van der Waals surface area contributed by atoms with Crippen molar-refractivity contribution in [1.82, 2.24) is 14.7 Å². The minimum absolute atomic E-state index is 0.109. The van der Waals surface area contributed by atoms with Gasteiger partial charge in [-0.1, -0.05) is 15.9 Å². The van der Waals surface area contributed by atoms with Gasteiger partial charge in [0.2, 0.25) is 5.91 Å². The zero-order valence-corrected chi connectivity index (χ0v) is 14.7. The molecule has 25 heavy (non-hydrogen) atoms. The number of halogens is 1. The Morgan fingerprint density at radius 2 is 1.96 bits per heavy atom. The smallest absolute Gasteiger partial charge is 0.356 e. The Hall–Kier alpha value is -2.68. The number of rotatable bonds is 4. The lowest BCUT2D eigenvalue weighted by Crippen LogP contribution is -2.38. The second-order valence-corrected chi connectivity index (χ2v) is 6.49. The number of carbonyl (C=O) groups is 3. The molecule has 2 aromatic rings. The molecule has 130 valence electrons. The van der Waals surface area contributed by atoms with E-state index in [9.17, 15) is 14.4 Å². The second-order valence-electron chi connectivity index (χ2n) is 5.58. The number of nitrogens with zero attached hydrogens (tertiary/aromatic N) is 3. The van der Waals surface area contributed by atoms with Crippen molar-refractivity contribution >= 4 is 39.4 Å². The van der Waals surface area contributed by atoms with Crippen LogP contribution in [0.3, 0.4) is 0 Å². The van der Waals surface area contributed by atoms with Gasteiger partial charge in [0.1, 0.15) is 12.2 Å². The van der Waals surface area contributed by atoms with E-state index in [1.54, 1.807) is 24.3 Å². The van der Waals surface area contributed by atoms with E-state index >= 15 is 0 Å². The van der Waals surface area contributed by atoms with Gasteiger partial charge >= 0.3 is 5.97 Å². The highest BCUT2D eigenvalue weighted by atomic mass is 79.9. The number of hydrogen-bond acceptors (Lipinski definition) is 4. The van der Waals surface area contributed by atoms with E-state index in [0.717, 1.165) is 4.47 Å². The molecule has 2 amide bonds. The number of carbonyl (C=O) groups excluding carboxylic acids is 2. The summed E-state index contributed by atoms with van der Waals surface area (Å²) >= 11 is 3.32. The molecular formula is C16H15BrN4O4. The average Bonchev–Trinajstić information content (AvgIpc) is 2.94. The van der Waals surface area contributed by atoms with E-state index < -0.39 is 11.9 Å². The van der Waals surface area contributed by atoms with Gasteiger partial charge in [-0.2, -0.15) is 5.10 Å². The molecule has 0 spiro atoms. The molecule has 3 rings (SSSR count). The highest BCUT2D eigenvalue weighted by Gasteiger charge is 2.27. The molecular weight excluding hydrogens is 392 g/mol. The largest absolute Gasteiger partial charge is 0.476 e. The number of aryl methyl sites for hydroxylation is 1. The van der Waals surface area contributed by atoms with Crippen molar-refractivity contribution in [2.24, 2.45) is 0 Å². The van der Waals surface area contributed by atoms with E-state index in [0.29, 0.717) is 25.2 Å². The molecule has 0 unspecified atom stereocenters. The highest BCUT2D eigenvalue weighted by molar-refractivity contribution is 9.10. The molecule has 8 nitrogen and oxygen atoms in total. The topological polar surface area (TPSA) is 105 Å². The molecule has 1 aromatic carbocycles. The fourth-order valence-electron chi connectivity index (χ4n) is 2.60. The van der Waals surface area contributed by atoms with Crippen LogP contribution in [0, 0.1) is 0 Å². The van der Waals surface area contributed by atoms with Crippen LogP contribution in [0.4, 0.5) is 5.69 Å². The summed E-state index contributed by atoms with van der Waals surface area (Å²) in [6.45, 7) is 0.722. The van der Waals surface area contributed by atoms with E-state index in [4.69, 9.17) is 5.11 Å². The second kappa shape index (κ2) is 7.06. The molecule has 1 aliphatic rings. The van der Waals surface area contributed by atoms with Gasteiger partial charge in [0, 0.05) is 29.3 Å².